The van der Waals surface area contributed by atoms with E-state index >= 15 is 0 Å². The summed E-state index contributed by atoms with van der Waals surface area (Å²) in [6.45, 7) is 3.54. The van der Waals surface area contributed by atoms with Gasteiger partial charge in [-0.05, 0) is 59.3 Å². The first-order valence-corrected chi connectivity index (χ1v) is 9.56. The summed E-state index contributed by atoms with van der Waals surface area (Å²) in [5.74, 6) is 0.567. The van der Waals surface area contributed by atoms with Crippen molar-refractivity contribution in [2.45, 2.75) is 23.8 Å². The number of rotatable bonds is 5. The molecule has 0 atom stereocenters. The zero-order valence-electron chi connectivity index (χ0n) is 14.3. The Morgan fingerprint density at radius 2 is 1.85 bits per heavy atom. The predicted octanol–water partition coefficient (Wildman–Crippen LogP) is 6.21. The Hall–Kier alpha value is -2.31. The van der Waals surface area contributed by atoms with Crippen LogP contribution in [-0.2, 0) is 4.79 Å². The van der Waals surface area contributed by atoms with Gasteiger partial charge in [0.25, 0.3) is 0 Å². The Balaban J connectivity index is 1.69. The van der Waals surface area contributed by atoms with Crippen molar-refractivity contribution in [3.8, 4) is 0 Å². The lowest BCUT2D eigenvalue weighted by Crippen LogP contribution is -2.04. The number of carbonyl (C=O) groups is 1. The summed E-state index contributed by atoms with van der Waals surface area (Å²) in [4.78, 5) is 16.6. The fourth-order valence-corrected chi connectivity index (χ4v) is 3.52. The van der Waals surface area contributed by atoms with E-state index in [9.17, 15) is 4.79 Å². The lowest BCUT2D eigenvalue weighted by atomic mass is 10.2. The van der Waals surface area contributed by atoms with Crippen molar-refractivity contribution in [1.82, 2.24) is 0 Å². The van der Waals surface area contributed by atoms with Gasteiger partial charge in [-0.15, -0.1) is 0 Å². The Bertz CT molecular complexity index is 931. The largest absolute Gasteiger partial charge is 0.447 e. The van der Waals surface area contributed by atoms with Crippen LogP contribution in [0.4, 0.5) is 11.4 Å². The van der Waals surface area contributed by atoms with Crippen LogP contribution >= 0.6 is 27.7 Å². The van der Waals surface area contributed by atoms with Crippen molar-refractivity contribution in [2.24, 2.45) is 4.99 Å². The SMILES string of the molecule is CC(=O)Nc1ccc(N=Cc2cc(Br)c(Sc3ccc(C)cc3)o2)cc1. The van der Waals surface area contributed by atoms with E-state index in [2.05, 4.69) is 57.4 Å². The first-order valence-electron chi connectivity index (χ1n) is 7.95. The van der Waals surface area contributed by atoms with Crippen molar-refractivity contribution in [3.05, 3.63) is 70.4 Å². The van der Waals surface area contributed by atoms with Crippen molar-refractivity contribution >= 4 is 51.2 Å². The number of aryl methyl sites for hydroxylation is 1. The molecule has 0 fully saturated rings. The van der Waals surface area contributed by atoms with Gasteiger partial charge >= 0.3 is 0 Å². The number of carbonyl (C=O) groups excluding carboxylic acids is 1. The van der Waals surface area contributed by atoms with Gasteiger partial charge < -0.3 is 9.73 Å². The summed E-state index contributed by atoms with van der Waals surface area (Å²) in [7, 11) is 0. The average molecular weight is 429 g/mol. The highest BCUT2D eigenvalue weighted by Crippen LogP contribution is 2.35. The van der Waals surface area contributed by atoms with Crippen molar-refractivity contribution in [1.29, 1.82) is 0 Å². The topological polar surface area (TPSA) is 54.6 Å². The second kappa shape index (κ2) is 8.38. The van der Waals surface area contributed by atoms with Crippen LogP contribution in [0.15, 0.2) is 78.5 Å². The highest BCUT2D eigenvalue weighted by molar-refractivity contribution is 9.10. The molecule has 3 aromatic rings. The number of halogens is 1. The summed E-state index contributed by atoms with van der Waals surface area (Å²) < 4.78 is 6.75. The molecule has 0 bridgehead atoms. The Morgan fingerprint density at radius 1 is 1.15 bits per heavy atom. The summed E-state index contributed by atoms with van der Waals surface area (Å²) in [5, 5.41) is 3.51. The lowest BCUT2D eigenvalue weighted by molar-refractivity contribution is -0.114. The second-order valence-electron chi connectivity index (χ2n) is 5.69. The van der Waals surface area contributed by atoms with Crippen LogP contribution < -0.4 is 5.32 Å². The Labute approximate surface area is 164 Å². The number of hydrogen-bond donors (Lipinski definition) is 1. The molecule has 1 heterocycles. The minimum absolute atomic E-state index is 0.0970. The quantitative estimate of drug-likeness (QED) is 0.491. The molecule has 3 rings (SSSR count). The fourth-order valence-electron chi connectivity index (χ4n) is 2.19. The number of nitrogens with zero attached hydrogens (tertiary/aromatic N) is 1. The third-order valence-electron chi connectivity index (χ3n) is 3.43. The number of nitrogens with one attached hydrogen (secondary N) is 1. The van der Waals surface area contributed by atoms with Crippen LogP contribution in [0.5, 0.6) is 0 Å². The lowest BCUT2D eigenvalue weighted by Gasteiger charge is -2.01. The third-order valence-corrected chi connectivity index (χ3v) is 5.28. The highest BCUT2D eigenvalue weighted by Gasteiger charge is 2.09. The average Bonchev–Trinajstić information content (AvgIpc) is 2.95. The fraction of sp³-hybridized carbons (Fsp3) is 0.100. The summed E-state index contributed by atoms with van der Waals surface area (Å²) in [6.07, 6.45) is 1.68. The smallest absolute Gasteiger partial charge is 0.221 e. The molecule has 1 aromatic heterocycles. The molecule has 6 heteroatoms. The van der Waals surface area contributed by atoms with E-state index in [0.717, 1.165) is 25.8 Å². The van der Waals surface area contributed by atoms with E-state index in [1.54, 1.807) is 18.0 Å². The van der Waals surface area contributed by atoms with E-state index in [1.807, 2.05) is 30.3 Å². The minimum atomic E-state index is -0.0970. The zero-order valence-corrected chi connectivity index (χ0v) is 16.7. The summed E-state index contributed by atoms with van der Waals surface area (Å²) in [6, 6.07) is 17.5. The molecule has 0 aliphatic carbocycles. The third kappa shape index (κ3) is 5.09. The number of hydrogen-bond acceptors (Lipinski definition) is 4. The van der Waals surface area contributed by atoms with E-state index in [4.69, 9.17) is 4.42 Å². The van der Waals surface area contributed by atoms with Gasteiger partial charge in [0.15, 0.2) is 5.09 Å². The first-order chi connectivity index (χ1) is 12.5. The highest BCUT2D eigenvalue weighted by atomic mass is 79.9. The Morgan fingerprint density at radius 3 is 2.50 bits per heavy atom. The Kier molecular flexibility index (Phi) is 5.96. The molecule has 4 nitrogen and oxygen atoms in total. The molecular formula is C20H17BrN2O2S. The predicted molar refractivity (Wildman–Crippen MR) is 110 cm³/mol. The molecule has 0 aliphatic heterocycles. The van der Waals surface area contributed by atoms with Crippen LogP contribution in [0.3, 0.4) is 0 Å². The first kappa shape index (κ1) is 18.5. The van der Waals surface area contributed by atoms with Gasteiger partial charge in [-0.2, -0.15) is 0 Å². The van der Waals surface area contributed by atoms with E-state index in [-0.39, 0.29) is 5.91 Å². The van der Waals surface area contributed by atoms with Gasteiger partial charge in [-0.1, -0.05) is 29.5 Å². The standard InChI is InChI=1S/C20H17BrN2O2S/c1-13-3-9-18(10-4-13)26-20-19(21)11-17(25-20)12-22-15-5-7-16(8-6-15)23-14(2)24/h3-12H,1-2H3,(H,23,24). The molecule has 0 spiro atoms. The molecule has 2 aromatic carbocycles. The molecule has 0 saturated heterocycles. The van der Waals surface area contributed by atoms with Gasteiger partial charge in [0.2, 0.25) is 5.91 Å². The maximum atomic E-state index is 11.0. The van der Waals surface area contributed by atoms with Gasteiger partial charge in [-0.25, -0.2) is 0 Å². The zero-order chi connectivity index (χ0) is 18.5. The van der Waals surface area contributed by atoms with Gasteiger partial charge in [0, 0.05) is 23.6 Å². The maximum Gasteiger partial charge on any atom is 0.221 e. The summed E-state index contributed by atoms with van der Waals surface area (Å²) >= 11 is 5.09. The van der Waals surface area contributed by atoms with Crippen LogP contribution in [0.1, 0.15) is 18.2 Å². The van der Waals surface area contributed by atoms with Crippen LogP contribution in [0.25, 0.3) is 0 Å². The molecule has 0 unspecified atom stereocenters. The summed E-state index contributed by atoms with van der Waals surface area (Å²) in [5.41, 5.74) is 2.75. The number of amides is 1. The number of furan rings is 1. The van der Waals surface area contributed by atoms with Crippen LogP contribution in [0.2, 0.25) is 0 Å². The van der Waals surface area contributed by atoms with Gasteiger partial charge in [0.05, 0.1) is 16.4 Å². The van der Waals surface area contributed by atoms with E-state index in [0.29, 0.717) is 5.76 Å². The molecule has 0 radical (unpaired) electrons. The normalized spacial score (nSPS) is 11.0. The maximum absolute atomic E-state index is 11.0. The number of aliphatic imine (C=N–C) groups is 1. The van der Waals surface area contributed by atoms with E-state index in [1.165, 1.54) is 12.5 Å². The van der Waals surface area contributed by atoms with Crippen molar-refractivity contribution in [3.63, 3.8) is 0 Å². The van der Waals surface area contributed by atoms with Crippen molar-refractivity contribution < 1.29 is 9.21 Å². The minimum Gasteiger partial charge on any atom is -0.447 e. The van der Waals surface area contributed by atoms with Gasteiger partial charge in [-0.3, -0.25) is 9.79 Å². The molecule has 26 heavy (non-hydrogen) atoms. The molecule has 132 valence electrons. The molecule has 0 saturated carbocycles. The molecule has 0 aliphatic rings. The van der Waals surface area contributed by atoms with Crippen molar-refractivity contribution in [2.75, 3.05) is 5.32 Å². The molecule has 1 N–H and O–H groups in total. The number of anilines is 1. The second-order valence-corrected chi connectivity index (χ2v) is 7.59. The van der Waals surface area contributed by atoms with E-state index < -0.39 is 0 Å². The van der Waals surface area contributed by atoms with Crippen LogP contribution in [0, 0.1) is 6.92 Å². The van der Waals surface area contributed by atoms with Crippen LogP contribution in [-0.4, -0.2) is 12.1 Å². The van der Waals surface area contributed by atoms with Gasteiger partial charge in [0.1, 0.15) is 5.76 Å². The monoisotopic (exact) mass is 428 g/mol. The molecule has 1 amide bonds. The number of benzene rings is 2. The molecular weight excluding hydrogens is 412 g/mol.